The molecule has 0 bridgehead atoms. The summed E-state index contributed by atoms with van der Waals surface area (Å²) in [7, 11) is 0. The van der Waals surface area contributed by atoms with Crippen molar-refractivity contribution in [2.75, 3.05) is 42.9 Å². The number of carbonyl (C=O) groups is 1. The summed E-state index contributed by atoms with van der Waals surface area (Å²) in [5.41, 5.74) is 3.66. The molecule has 0 atom stereocenters. The number of carbonyl (C=O) groups excluding carboxylic acids is 1. The van der Waals surface area contributed by atoms with Crippen LogP contribution in [0, 0.1) is 6.67 Å². The fourth-order valence-corrected chi connectivity index (χ4v) is 3.93. The van der Waals surface area contributed by atoms with E-state index in [2.05, 4.69) is 17.1 Å². The Morgan fingerprint density at radius 1 is 1.00 bits per heavy atom. The van der Waals surface area contributed by atoms with Crippen LogP contribution in [0.15, 0.2) is 30.3 Å². The number of nitrogens with zero attached hydrogens (tertiary/aromatic N) is 3. The first-order valence-electron chi connectivity index (χ1n) is 10.1. The average Bonchev–Trinajstić information content (AvgIpc) is 3.16. The van der Waals surface area contributed by atoms with Crippen molar-refractivity contribution in [3.05, 3.63) is 48.1 Å². The van der Waals surface area contributed by atoms with E-state index >= 15 is 0 Å². The van der Waals surface area contributed by atoms with Crippen molar-refractivity contribution in [2.45, 2.75) is 20.3 Å². The number of hydrogen-bond donors (Lipinski definition) is 3. The highest BCUT2D eigenvalue weighted by atomic mass is 16.3. The van der Waals surface area contributed by atoms with Crippen molar-refractivity contribution in [1.82, 2.24) is 9.80 Å². The molecule has 4 rings (SSSR count). The van der Waals surface area contributed by atoms with E-state index in [1.807, 2.05) is 34.9 Å². The van der Waals surface area contributed by atoms with Gasteiger partial charge in [-0.25, -0.2) is 0 Å². The number of aryl methyl sites for hydroxylation is 1. The van der Waals surface area contributed by atoms with E-state index in [-0.39, 0.29) is 17.4 Å². The minimum atomic E-state index is -0.000419. The van der Waals surface area contributed by atoms with Gasteiger partial charge in [-0.3, -0.25) is 4.79 Å². The van der Waals surface area contributed by atoms with Gasteiger partial charge in [0.25, 0.3) is 5.91 Å². The third-order valence-electron chi connectivity index (χ3n) is 5.78. The van der Waals surface area contributed by atoms with E-state index < -0.39 is 0 Å². The third-order valence-corrected chi connectivity index (χ3v) is 5.78. The first-order valence-corrected chi connectivity index (χ1v) is 10.1. The molecule has 0 aliphatic carbocycles. The summed E-state index contributed by atoms with van der Waals surface area (Å²) in [5.74, 6) is 0.134. The highest BCUT2D eigenvalue weighted by molar-refractivity contribution is 5.98. The number of likely N-dealkylation sites (N-methyl/N-ethyl adjacent to an activating group) is 1. The highest BCUT2D eigenvalue weighted by Crippen LogP contribution is 2.44. The number of phenolic OH excluding ortho intramolecular Hbond substituents is 2. The molecule has 2 aromatic carbocycles. The molecule has 0 saturated carbocycles. The summed E-state index contributed by atoms with van der Waals surface area (Å²) in [6.45, 7) is 10.2. The standard InChI is InChI=1S/C22H27N4O3/c1-3-15-12-19(21(28)13-20(15)27)26-14-23-17-11-16(5-6-18(17)26)22(29)25-9-7-24(4-2)8-10-25/h5-6,11-14,23,27-28H,3-4,7-10H2,1-2H3. The Bertz CT molecular complexity index is 923. The second kappa shape index (κ2) is 7.83. The van der Waals surface area contributed by atoms with E-state index in [1.54, 1.807) is 12.7 Å². The Balaban J connectivity index is 1.56. The molecule has 0 unspecified atom stereocenters. The van der Waals surface area contributed by atoms with Crippen LogP contribution in [0.5, 0.6) is 11.5 Å². The molecule has 2 aromatic rings. The summed E-state index contributed by atoms with van der Waals surface area (Å²) >= 11 is 0. The summed E-state index contributed by atoms with van der Waals surface area (Å²) < 4.78 is 0. The second-order valence-electron chi connectivity index (χ2n) is 7.43. The zero-order valence-electron chi connectivity index (χ0n) is 16.9. The molecular weight excluding hydrogens is 368 g/mol. The average molecular weight is 395 g/mol. The summed E-state index contributed by atoms with van der Waals surface area (Å²) in [6, 6.07) is 8.73. The highest BCUT2D eigenvalue weighted by Gasteiger charge is 2.27. The van der Waals surface area contributed by atoms with Crippen molar-refractivity contribution >= 4 is 23.0 Å². The smallest absolute Gasteiger partial charge is 0.254 e. The van der Waals surface area contributed by atoms with E-state index in [0.29, 0.717) is 17.7 Å². The number of fused-ring (bicyclic) bond motifs is 1. The van der Waals surface area contributed by atoms with Gasteiger partial charge in [0.2, 0.25) is 0 Å². The van der Waals surface area contributed by atoms with Crippen LogP contribution in [0.2, 0.25) is 0 Å². The van der Waals surface area contributed by atoms with Crippen LogP contribution < -0.4 is 10.2 Å². The lowest BCUT2D eigenvalue weighted by molar-refractivity contribution is 0.0643. The minimum absolute atomic E-state index is 0.000419. The topological polar surface area (TPSA) is 79.3 Å². The molecule has 0 spiro atoms. The SMILES string of the molecule is CCc1cc(N2[CH]Nc3cc(C(=O)N4CCN(CC)CC4)ccc32)c(O)cc1O. The van der Waals surface area contributed by atoms with Crippen LogP contribution in [0.3, 0.4) is 0 Å². The fraction of sp³-hybridized carbons (Fsp3) is 0.364. The maximum Gasteiger partial charge on any atom is 0.254 e. The van der Waals surface area contributed by atoms with Gasteiger partial charge in [-0.05, 0) is 42.8 Å². The molecule has 2 aliphatic heterocycles. The lowest BCUT2D eigenvalue weighted by Gasteiger charge is -2.34. The van der Waals surface area contributed by atoms with Gasteiger partial charge in [-0.1, -0.05) is 13.8 Å². The van der Waals surface area contributed by atoms with Gasteiger partial charge in [-0.2, -0.15) is 0 Å². The lowest BCUT2D eigenvalue weighted by Crippen LogP contribution is -2.48. The Kier molecular flexibility index (Phi) is 5.24. The number of nitrogens with one attached hydrogen (secondary N) is 1. The van der Waals surface area contributed by atoms with Gasteiger partial charge in [0.15, 0.2) is 0 Å². The van der Waals surface area contributed by atoms with Crippen molar-refractivity contribution in [1.29, 1.82) is 0 Å². The van der Waals surface area contributed by atoms with Crippen LogP contribution in [0.1, 0.15) is 29.8 Å². The van der Waals surface area contributed by atoms with Gasteiger partial charge in [-0.15, -0.1) is 0 Å². The van der Waals surface area contributed by atoms with Crippen molar-refractivity contribution in [3.8, 4) is 11.5 Å². The largest absolute Gasteiger partial charge is 0.508 e. The number of rotatable bonds is 4. The van der Waals surface area contributed by atoms with Gasteiger partial charge in [0, 0.05) is 37.8 Å². The molecule has 1 saturated heterocycles. The predicted octanol–water partition coefficient (Wildman–Crippen LogP) is 3.12. The molecule has 3 N–H and O–H groups in total. The monoisotopic (exact) mass is 395 g/mol. The van der Waals surface area contributed by atoms with Crippen LogP contribution >= 0.6 is 0 Å². The minimum Gasteiger partial charge on any atom is -0.508 e. The number of amides is 1. The predicted molar refractivity (Wildman–Crippen MR) is 114 cm³/mol. The van der Waals surface area contributed by atoms with Gasteiger partial charge in [0.1, 0.15) is 18.2 Å². The lowest BCUT2D eigenvalue weighted by atomic mass is 10.1. The number of piperazine rings is 1. The quantitative estimate of drug-likeness (QED) is 0.738. The first kappa shape index (κ1) is 19.4. The Morgan fingerprint density at radius 2 is 1.76 bits per heavy atom. The zero-order valence-corrected chi connectivity index (χ0v) is 16.9. The van der Waals surface area contributed by atoms with Crippen LogP contribution in [0.4, 0.5) is 17.1 Å². The fourth-order valence-electron chi connectivity index (χ4n) is 3.93. The van der Waals surface area contributed by atoms with E-state index in [1.165, 1.54) is 6.07 Å². The third kappa shape index (κ3) is 3.58. The molecule has 153 valence electrons. The Hall–Kier alpha value is -2.93. The molecule has 2 heterocycles. The number of benzene rings is 2. The molecule has 1 fully saturated rings. The van der Waals surface area contributed by atoms with Crippen molar-refractivity contribution in [2.24, 2.45) is 0 Å². The van der Waals surface area contributed by atoms with Crippen molar-refractivity contribution < 1.29 is 15.0 Å². The van der Waals surface area contributed by atoms with E-state index in [0.717, 1.165) is 49.7 Å². The maximum atomic E-state index is 12.9. The number of anilines is 3. The normalized spacial score (nSPS) is 16.6. The zero-order chi connectivity index (χ0) is 20.5. The molecule has 1 radical (unpaired) electrons. The maximum absolute atomic E-state index is 12.9. The summed E-state index contributed by atoms with van der Waals surface area (Å²) in [6.07, 6.45) is 0.659. The molecule has 7 nitrogen and oxygen atoms in total. The molecule has 1 amide bonds. The molecule has 7 heteroatoms. The molecule has 0 aromatic heterocycles. The number of aromatic hydroxyl groups is 2. The van der Waals surface area contributed by atoms with Crippen LogP contribution in [-0.2, 0) is 6.42 Å². The molecular formula is C22H27N4O3. The Labute approximate surface area is 171 Å². The summed E-state index contributed by atoms with van der Waals surface area (Å²) in [5, 5.41) is 23.5. The van der Waals surface area contributed by atoms with E-state index in [4.69, 9.17) is 0 Å². The van der Waals surface area contributed by atoms with Gasteiger partial charge < -0.3 is 30.2 Å². The van der Waals surface area contributed by atoms with Crippen LogP contribution in [-0.4, -0.2) is 58.6 Å². The van der Waals surface area contributed by atoms with E-state index in [9.17, 15) is 15.0 Å². The van der Waals surface area contributed by atoms with Gasteiger partial charge >= 0.3 is 0 Å². The number of hydrogen-bond acceptors (Lipinski definition) is 6. The number of phenols is 2. The summed E-state index contributed by atoms with van der Waals surface area (Å²) in [4.78, 5) is 19.0. The van der Waals surface area contributed by atoms with Gasteiger partial charge in [0.05, 0.1) is 17.1 Å². The Morgan fingerprint density at radius 3 is 2.45 bits per heavy atom. The second-order valence-corrected chi connectivity index (χ2v) is 7.43. The first-order chi connectivity index (χ1) is 14.0. The molecule has 29 heavy (non-hydrogen) atoms. The molecule has 2 aliphatic rings. The van der Waals surface area contributed by atoms with Crippen LogP contribution in [0.25, 0.3) is 0 Å². The van der Waals surface area contributed by atoms with Crippen molar-refractivity contribution in [3.63, 3.8) is 0 Å².